The molecular formula is C25H20F3N3O3. The molecule has 0 saturated carbocycles. The first-order valence-corrected chi connectivity index (χ1v) is 10.2. The molecule has 174 valence electrons. The Morgan fingerprint density at radius 3 is 2.59 bits per heavy atom. The predicted molar refractivity (Wildman–Crippen MR) is 124 cm³/mol. The molecule has 2 heterocycles. The Hall–Kier alpha value is -4.11. The maximum absolute atomic E-state index is 15.1. The molecule has 2 aromatic carbocycles. The van der Waals surface area contributed by atoms with Crippen LogP contribution in [0.1, 0.15) is 22.5 Å². The topological polar surface area (TPSA) is 94.2 Å². The van der Waals surface area contributed by atoms with Crippen LogP contribution in [0.5, 0.6) is 0 Å². The summed E-state index contributed by atoms with van der Waals surface area (Å²) in [6, 6.07) is 10.8. The Morgan fingerprint density at radius 2 is 1.94 bits per heavy atom. The minimum Gasteiger partial charge on any atom is -0.387 e. The lowest BCUT2D eigenvalue weighted by Crippen LogP contribution is -2.16. The van der Waals surface area contributed by atoms with Crippen LogP contribution in [0.2, 0.25) is 0 Å². The molecule has 3 aromatic rings. The van der Waals surface area contributed by atoms with Crippen LogP contribution in [-0.4, -0.2) is 28.5 Å². The first kappa shape index (κ1) is 23.1. The van der Waals surface area contributed by atoms with Gasteiger partial charge in [-0.15, -0.1) is 0 Å². The van der Waals surface area contributed by atoms with E-state index >= 15 is 8.78 Å². The lowest BCUT2D eigenvalue weighted by atomic mass is 9.95. The fourth-order valence-electron chi connectivity index (χ4n) is 3.96. The van der Waals surface area contributed by atoms with Crippen LogP contribution in [0.15, 0.2) is 55.1 Å². The van der Waals surface area contributed by atoms with Crippen LogP contribution < -0.4 is 10.6 Å². The van der Waals surface area contributed by atoms with E-state index in [9.17, 15) is 14.0 Å². The highest BCUT2D eigenvalue weighted by Gasteiger charge is 2.36. The van der Waals surface area contributed by atoms with Gasteiger partial charge in [0.1, 0.15) is 12.4 Å². The van der Waals surface area contributed by atoms with Crippen molar-refractivity contribution in [3.8, 4) is 11.1 Å². The Morgan fingerprint density at radius 1 is 1.24 bits per heavy atom. The molecule has 0 unspecified atom stereocenters. The van der Waals surface area contributed by atoms with Crippen molar-refractivity contribution in [2.24, 2.45) is 0 Å². The molecule has 0 atom stereocenters. The number of amides is 2. The van der Waals surface area contributed by atoms with Gasteiger partial charge in [-0.3, -0.25) is 9.59 Å². The summed E-state index contributed by atoms with van der Waals surface area (Å²) >= 11 is 0. The number of aliphatic hydroxyl groups is 1. The third kappa shape index (κ3) is 4.01. The van der Waals surface area contributed by atoms with E-state index < -0.39 is 30.2 Å². The van der Waals surface area contributed by atoms with E-state index in [1.165, 1.54) is 12.1 Å². The van der Waals surface area contributed by atoms with Crippen molar-refractivity contribution < 1.29 is 27.9 Å². The van der Waals surface area contributed by atoms with Crippen molar-refractivity contribution in [3.05, 3.63) is 83.5 Å². The van der Waals surface area contributed by atoms with Gasteiger partial charge in [0.25, 0.3) is 11.8 Å². The van der Waals surface area contributed by atoms with Gasteiger partial charge in [0.2, 0.25) is 5.91 Å². The molecule has 1 aliphatic heterocycles. The Labute approximate surface area is 192 Å². The summed E-state index contributed by atoms with van der Waals surface area (Å²) in [5.41, 5.74) is 0.996. The number of benzene rings is 2. The van der Waals surface area contributed by atoms with E-state index in [0.717, 1.165) is 6.07 Å². The maximum Gasteiger partial charge on any atom is 0.294 e. The molecule has 34 heavy (non-hydrogen) atoms. The standard InChI is InChI=1S/C25H20F3N3O3/c1-3-25(27,28)23-20(29-13(2)22(23)14-7-5-4-6-8-14)10-16-15-9-17(26)19(30-21(33)12-32)11-18(15)31-24(16)34/h3-11,29,32H,1,12H2,2H3,(H,30,33)(H,31,34)/b16-10-. The number of allylic oxidation sites excluding steroid dienone is 1. The SMILES string of the molecule is C=CC(F)(F)c1c(/C=C2\C(=O)Nc3cc(NC(=O)CO)c(F)cc32)[nH]c(C)c1-c1ccccc1. The highest BCUT2D eigenvalue weighted by Crippen LogP contribution is 2.44. The fraction of sp³-hybridized carbons (Fsp3) is 0.120. The van der Waals surface area contributed by atoms with Crippen LogP contribution in [-0.2, 0) is 15.5 Å². The lowest BCUT2D eigenvalue weighted by molar-refractivity contribution is -0.118. The Balaban J connectivity index is 1.88. The third-order valence-corrected chi connectivity index (χ3v) is 5.47. The molecule has 0 bridgehead atoms. The molecule has 4 rings (SSSR count). The van der Waals surface area contributed by atoms with Gasteiger partial charge in [0, 0.05) is 22.5 Å². The van der Waals surface area contributed by atoms with Crippen molar-refractivity contribution >= 4 is 34.8 Å². The number of aryl methyl sites for hydroxylation is 1. The molecule has 6 nitrogen and oxygen atoms in total. The first-order valence-electron chi connectivity index (χ1n) is 10.2. The van der Waals surface area contributed by atoms with Crippen LogP contribution in [0.4, 0.5) is 24.5 Å². The number of carbonyl (C=O) groups is 2. The summed E-state index contributed by atoms with van der Waals surface area (Å²) in [4.78, 5) is 27.0. The van der Waals surface area contributed by atoms with E-state index in [0.29, 0.717) is 17.3 Å². The molecule has 2 amide bonds. The Bertz CT molecular complexity index is 1340. The summed E-state index contributed by atoms with van der Waals surface area (Å²) in [5, 5.41) is 13.6. The normalized spacial score (nSPS) is 14.1. The van der Waals surface area contributed by atoms with Crippen LogP contribution in [0.3, 0.4) is 0 Å². The number of fused-ring (bicyclic) bond motifs is 1. The average Bonchev–Trinajstić information content (AvgIpc) is 3.30. The minimum atomic E-state index is -3.43. The molecule has 1 aromatic heterocycles. The average molecular weight is 467 g/mol. The number of anilines is 2. The Kier molecular flexibility index (Phi) is 5.89. The number of hydrogen-bond donors (Lipinski definition) is 4. The summed E-state index contributed by atoms with van der Waals surface area (Å²) in [5.74, 6) is -5.73. The van der Waals surface area contributed by atoms with Crippen LogP contribution in [0, 0.1) is 12.7 Å². The number of rotatable bonds is 6. The highest BCUT2D eigenvalue weighted by atomic mass is 19.3. The van der Waals surface area contributed by atoms with E-state index in [4.69, 9.17) is 5.11 Å². The molecule has 0 aliphatic carbocycles. The van der Waals surface area contributed by atoms with Gasteiger partial charge in [-0.1, -0.05) is 36.9 Å². The van der Waals surface area contributed by atoms with Gasteiger partial charge in [0.05, 0.1) is 22.5 Å². The van der Waals surface area contributed by atoms with E-state index in [-0.39, 0.29) is 39.3 Å². The summed E-state index contributed by atoms with van der Waals surface area (Å²) in [6.45, 7) is 4.06. The molecule has 0 spiro atoms. The van der Waals surface area contributed by atoms with Crippen molar-refractivity contribution in [2.75, 3.05) is 17.2 Å². The number of aromatic nitrogens is 1. The van der Waals surface area contributed by atoms with E-state index in [1.54, 1.807) is 37.3 Å². The van der Waals surface area contributed by atoms with Gasteiger partial charge < -0.3 is 20.7 Å². The van der Waals surface area contributed by atoms with Crippen LogP contribution in [0.25, 0.3) is 22.8 Å². The largest absolute Gasteiger partial charge is 0.387 e. The highest BCUT2D eigenvalue weighted by molar-refractivity contribution is 6.35. The number of H-pyrrole nitrogens is 1. The minimum absolute atomic E-state index is 0.0164. The molecule has 0 fully saturated rings. The van der Waals surface area contributed by atoms with Gasteiger partial charge in [-0.25, -0.2) is 4.39 Å². The van der Waals surface area contributed by atoms with Crippen molar-refractivity contribution in [2.45, 2.75) is 12.8 Å². The second-order valence-corrected chi connectivity index (χ2v) is 7.70. The number of aromatic amines is 1. The zero-order valence-corrected chi connectivity index (χ0v) is 18.0. The molecule has 4 N–H and O–H groups in total. The van der Waals surface area contributed by atoms with Gasteiger partial charge in [-0.2, -0.15) is 8.78 Å². The molecule has 9 heteroatoms. The molecule has 1 aliphatic rings. The van der Waals surface area contributed by atoms with Crippen molar-refractivity contribution in [3.63, 3.8) is 0 Å². The summed E-state index contributed by atoms with van der Waals surface area (Å²) in [7, 11) is 0. The van der Waals surface area contributed by atoms with Gasteiger partial charge in [0.15, 0.2) is 0 Å². The lowest BCUT2D eigenvalue weighted by Gasteiger charge is -2.15. The molecule has 0 saturated heterocycles. The number of carbonyl (C=O) groups excluding carboxylic acids is 2. The number of halogens is 3. The third-order valence-electron chi connectivity index (χ3n) is 5.47. The summed E-state index contributed by atoms with van der Waals surface area (Å²) < 4.78 is 44.7. The van der Waals surface area contributed by atoms with Gasteiger partial charge in [-0.05, 0) is 36.8 Å². The zero-order valence-electron chi connectivity index (χ0n) is 18.0. The second kappa shape index (κ2) is 8.68. The quantitative estimate of drug-likeness (QED) is 0.309. The van der Waals surface area contributed by atoms with E-state index in [1.807, 2.05) is 0 Å². The monoisotopic (exact) mass is 467 g/mol. The number of alkyl halides is 2. The van der Waals surface area contributed by atoms with Crippen molar-refractivity contribution in [1.29, 1.82) is 0 Å². The predicted octanol–water partition coefficient (Wildman–Crippen LogP) is 4.83. The smallest absolute Gasteiger partial charge is 0.294 e. The summed E-state index contributed by atoms with van der Waals surface area (Å²) in [6.07, 6.45) is 1.78. The van der Waals surface area contributed by atoms with Crippen LogP contribution >= 0.6 is 0 Å². The molecular weight excluding hydrogens is 447 g/mol. The zero-order chi connectivity index (χ0) is 24.6. The van der Waals surface area contributed by atoms with Gasteiger partial charge >= 0.3 is 0 Å². The number of hydrogen-bond acceptors (Lipinski definition) is 3. The number of nitrogens with one attached hydrogen (secondary N) is 3. The fourth-order valence-corrected chi connectivity index (χ4v) is 3.96. The maximum atomic E-state index is 15.1. The number of aliphatic hydroxyl groups excluding tert-OH is 1. The first-order chi connectivity index (χ1) is 16.2. The van der Waals surface area contributed by atoms with Crippen molar-refractivity contribution in [1.82, 2.24) is 4.98 Å². The second-order valence-electron chi connectivity index (χ2n) is 7.70. The van der Waals surface area contributed by atoms with E-state index in [2.05, 4.69) is 22.2 Å². The molecule has 0 radical (unpaired) electrons.